The van der Waals surface area contributed by atoms with E-state index in [4.69, 9.17) is 17.3 Å². The van der Waals surface area contributed by atoms with Gasteiger partial charge in [-0.1, -0.05) is 11.6 Å². The maximum Gasteiger partial charge on any atom is 0.398 e. The molecule has 2 nitrogen and oxygen atoms in total. The molecule has 2 N–H and O–H groups in total. The van der Waals surface area contributed by atoms with Gasteiger partial charge in [0.05, 0.1) is 16.5 Å². The number of aryl methyl sites for hydroxylation is 1. The van der Waals surface area contributed by atoms with Gasteiger partial charge in [0.1, 0.15) is 0 Å². The Labute approximate surface area is 110 Å². The van der Waals surface area contributed by atoms with Gasteiger partial charge in [0.2, 0.25) is 0 Å². The Kier molecular flexibility index (Phi) is 4.86. The van der Waals surface area contributed by atoms with Gasteiger partial charge in [0, 0.05) is 4.90 Å². The molecule has 0 saturated heterocycles. The predicted octanol–water partition coefficient (Wildman–Crippen LogP) is 4.22. The first-order valence-corrected chi connectivity index (χ1v) is 6.05. The molecule has 8 heteroatoms. The van der Waals surface area contributed by atoms with Crippen LogP contribution in [0, 0.1) is 6.92 Å². The number of nitrogens with zero attached hydrogens (tertiary/aromatic N) is 1. The number of alkyl halides is 3. The normalized spacial score (nSPS) is 12.9. The predicted molar refractivity (Wildman–Crippen MR) is 65.4 cm³/mol. The molecule has 18 heavy (non-hydrogen) atoms. The van der Waals surface area contributed by atoms with Crippen LogP contribution >= 0.6 is 23.4 Å². The summed E-state index contributed by atoms with van der Waals surface area (Å²) >= 11 is 6.36. The average molecular weight is 301 g/mol. The molecule has 0 unspecified atom stereocenters. The summed E-state index contributed by atoms with van der Waals surface area (Å²) in [6, 6.07) is 2.70. The largest absolute Gasteiger partial charge is 0.398 e. The topological polar surface area (TPSA) is 38.4 Å². The molecule has 0 spiro atoms. The highest BCUT2D eigenvalue weighted by Crippen LogP contribution is 2.35. The summed E-state index contributed by atoms with van der Waals surface area (Å²) in [6.07, 6.45) is -5.48. The van der Waals surface area contributed by atoms with Crippen molar-refractivity contribution in [2.75, 3.05) is 5.75 Å². The van der Waals surface area contributed by atoms with Gasteiger partial charge in [0.15, 0.2) is 0 Å². The van der Waals surface area contributed by atoms with Crippen molar-refractivity contribution in [2.24, 2.45) is 10.7 Å². The average Bonchev–Trinajstić information content (AvgIpc) is 2.18. The molecule has 0 fully saturated rings. The maximum atomic E-state index is 12.5. The zero-order valence-electron chi connectivity index (χ0n) is 9.18. The second-order valence-corrected chi connectivity index (χ2v) is 4.83. The van der Waals surface area contributed by atoms with Crippen molar-refractivity contribution >= 4 is 35.1 Å². The smallest absolute Gasteiger partial charge is 0.360 e. The standard InChI is InChI=1S/C10H9ClF4N2S/c1-5-2-6(11)7(17-9(12)16)3-8(5)18-4-10(13,14)15/h2-3H,4H2,1H3,(H2,16,17). The molecular weight excluding hydrogens is 292 g/mol. The summed E-state index contributed by atoms with van der Waals surface area (Å²) in [5.74, 6) is -1.04. The van der Waals surface area contributed by atoms with Crippen LogP contribution < -0.4 is 5.73 Å². The minimum absolute atomic E-state index is 0.00643. The van der Waals surface area contributed by atoms with Gasteiger partial charge in [0.25, 0.3) is 6.09 Å². The summed E-state index contributed by atoms with van der Waals surface area (Å²) in [7, 11) is 0. The summed E-state index contributed by atoms with van der Waals surface area (Å²) in [6.45, 7) is 1.61. The number of rotatable bonds is 3. The number of benzene rings is 1. The van der Waals surface area contributed by atoms with Crippen LogP contribution in [0.3, 0.4) is 0 Å². The van der Waals surface area contributed by atoms with E-state index in [0.29, 0.717) is 22.2 Å². The zero-order chi connectivity index (χ0) is 13.9. The van der Waals surface area contributed by atoms with Crippen molar-refractivity contribution < 1.29 is 17.6 Å². The third kappa shape index (κ3) is 4.73. The van der Waals surface area contributed by atoms with E-state index >= 15 is 0 Å². The molecule has 1 rings (SSSR count). The van der Waals surface area contributed by atoms with Gasteiger partial charge in [-0.25, -0.2) is 4.99 Å². The molecule has 0 radical (unpaired) electrons. The van der Waals surface area contributed by atoms with Crippen molar-refractivity contribution in [3.8, 4) is 0 Å². The fraction of sp³-hybridized carbons (Fsp3) is 0.300. The van der Waals surface area contributed by atoms with Crippen molar-refractivity contribution in [2.45, 2.75) is 18.0 Å². The molecule has 0 aliphatic rings. The highest BCUT2D eigenvalue weighted by Gasteiger charge is 2.27. The number of amidine groups is 1. The van der Waals surface area contributed by atoms with Crippen LogP contribution in [0.1, 0.15) is 5.56 Å². The molecule has 100 valence electrons. The third-order valence-electron chi connectivity index (χ3n) is 1.86. The van der Waals surface area contributed by atoms with Crippen molar-refractivity contribution in [3.05, 3.63) is 22.7 Å². The maximum absolute atomic E-state index is 12.5. The van der Waals surface area contributed by atoms with E-state index in [2.05, 4.69) is 4.99 Å². The van der Waals surface area contributed by atoms with Gasteiger partial charge >= 0.3 is 6.18 Å². The fourth-order valence-corrected chi connectivity index (χ4v) is 2.22. The first-order chi connectivity index (χ1) is 8.19. The molecule has 0 aromatic heterocycles. The summed E-state index contributed by atoms with van der Waals surface area (Å²) in [4.78, 5) is 3.64. The van der Waals surface area contributed by atoms with Crippen molar-refractivity contribution in [3.63, 3.8) is 0 Å². The lowest BCUT2D eigenvalue weighted by atomic mass is 10.2. The molecule has 0 heterocycles. The number of hydrogen-bond donors (Lipinski definition) is 1. The molecule has 0 bridgehead atoms. The van der Waals surface area contributed by atoms with Gasteiger partial charge < -0.3 is 5.73 Å². The fourth-order valence-electron chi connectivity index (χ4n) is 1.16. The number of hydrogen-bond acceptors (Lipinski definition) is 2. The first kappa shape index (κ1) is 15.1. The summed E-state index contributed by atoms with van der Waals surface area (Å²) in [5.41, 5.74) is 5.33. The van der Waals surface area contributed by atoms with Crippen LogP contribution in [0.15, 0.2) is 22.0 Å². The van der Waals surface area contributed by atoms with Crippen molar-refractivity contribution in [1.82, 2.24) is 0 Å². The number of nitrogens with two attached hydrogens (primary N) is 1. The second-order valence-electron chi connectivity index (χ2n) is 3.41. The van der Waals surface area contributed by atoms with E-state index in [1.54, 1.807) is 6.92 Å². The van der Waals surface area contributed by atoms with Crippen molar-refractivity contribution in [1.29, 1.82) is 0 Å². The van der Waals surface area contributed by atoms with Crippen LogP contribution in [0.2, 0.25) is 5.02 Å². The minimum Gasteiger partial charge on any atom is -0.360 e. The van der Waals surface area contributed by atoms with Crippen LogP contribution in [0.5, 0.6) is 0 Å². The Bertz CT molecular complexity index is 470. The Morgan fingerprint density at radius 3 is 2.56 bits per heavy atom. The molecular formula is C10H9ClF4N2S. The monoisotopic (exact) mass is 300 g/mol. The number of halogens is 5. The number of thioether (sulfide) groups is 1. The van der Waals surface area contributed by atoms with Gasteiger partial charge in [-0.2, -0.15) is 17.6 Å². The van der Waals surface area contributed by atoms with E-state index in [9.17, 15) is 17.6 Å². The molecule has 0 saturated carbocycles. The molecule has 1 aromatic carbocycles. The highest BCUT2D eigenvalue weighted by atomic mass is 35.5. The summed E-state index contributed by atoms with van der Waals surface area (Å²) in [5, 5.41) is 0.129. The highest BCUT2D eigenvalue weighted by molar-refractivity contribution is 7.99. The Morgan fingerprint density at radius 1 is 1.44 bits per heavy atom. The van der Waals surface area contributed by atoms with Crippen LogP contribution in [0.25, 0.3) is 0 Å². The molecule has 0 aliphatic heterocycles. The molecule has 0 aliphatic carbocycles. The lowest BCUT2D eigenvalue weighted by Gasteiger charge is -2.10. The quantitative estimate of drug-likeness (QED) is 0.298. The Hall–Kier alpha value is -0.950. The Balaban J connectivity index is 3.02. The lowest BCUT2D eigenvalue weighted by Crippen LogP contribution is -2.10. The van der Waals surface area contributed by atoms with Gasteiger partial charge in [-0.05, 0) is 24.6 Å². The van der Waals surface area contributed by atoms with Gasteiger partial charge in [-0.3, -0.25) is 0 Å². The molecule has 1 aromatic rings. The van der Waals surface area contributed by atoms with Crippen LogP contribution in [0.4, 0.5) is 23.2 Å². The zero-order valence-corrected chi connectivity index (χ0v) is 10.8. The van der Waals surface area contributed by atoms with Crippen LogP contribution in [-0.4, -0.2) is 18.0 Å². The summed E-state index contributed by atoms with van der Waals surface area (Å²) < 4.78 is 48.8. The lowest BCUT2D eigenvalue weighted by molar-refractivity contribution is -0.105. The third-order valence-corrected chi connectivity index (χ3v) is 3.39. The minimum atomic E-state index is -4.28. The van der Waals surface area contributed by atoms with E-state index in [0.717, 1.165) is 0 Å². The molecule has 0 amide bonds. The van der Waals surface area contributed by atoms with E-state index in [1.165, 1.54) is 12.1 Å². The number of aliphatic imine (C=N–C) groups is 1. The van der Waals surface area contributed by atoms with E-state index < -0.39 is 18.0 Å². The molecule has 0 atom stereocenters. The SMILES string of the molecule is Cc1cc(Cl)c(N=C(N)F)cc1SCC(F)(F)F. The van der Waals surface area contributed by atoms with E-state index in [1.807, 2.05) is 0 Å². The second kappa shape index (κ2) is 5.79. The van der Waals surface area contributed by atoms with E-state index in [-0.39, 0.29) is 10.7 Å². The van der Waals surface area contributed by atoms with Gasteiger partial charge in [-0.15, -0.1) is 11.8 Å². The first-order valence-electron chi connectivity index (χ1n) is 4.68. The Morgan fingerprint density at radius 2 is 2.06 bits per heavy atom. The van der Waals surface area contributed by atoms with Crippen LogP contribution in [-0.2, 0) is 0 Å².